The molecule has 0 aromatic heterocycles. The lowest BCUT2D eigenvalue weighted by Gasteiger charge is -2.48. The number of rotatable bonds is 11. The van der Waals surface area contributed by atoms with E-state index in [0.29, 0.717) is 0 Å². The normalized spacial score (nSPS) is 18.8. The van der Waals surface area contributed by atoms with Crippen LogP contribution in [-0.2, 0) is 23.7 Å². The molecule has 0 aliphatic heterocycles. The number of nitrogens with zero attached hydrogens (tertiary/aromatic N) is 2. The van der Waals surface area contributed by atoms with Crippen molar-refractivity contribution in [2.75, 3.05) is 9.80 Å². The highest BCUT2D eigenvalue weighted by molar-refractivity contribution is 6.09. The van der Waals surface area contributed by atoms with Crippen molar-refractivity contribution < 1.29 is 0 Å². The van der Waals surface area contributed by atoms with Gasteiger partial charge in [0.1, 0.15) is 0 Å². The fourth-order valence-electron chi connectivity index (χ4n) is 17.6. The second kappa shape index (κ2) is 22.4. The minimum Gasteiger partial charge on any atom is -0.312 e. The highest BCUT2D eigenvalue weighted by Crippen LogP contribution is 2.70. The fourth-order valence-corrected chi connectivity index (χ4v) is 17.6. The Morgan fingerprint density at radius 3 is 1.20 bits per heavy atom. The lowest BCUT2D eigenvalue weighted by molar-refractivity contribution is 0.371. The smallest absolute Gasteiger partial charge is 0.0540 e. The molecule has 94 heavy (non-hydrogen) atoms. The number of fused-ring (bicyclic) bond motifs is 13. The molecule has 0 spiro atoms. The van der Waals surface area contributed by atoms with Gasteiger partial charge in [-0.25, -0.2) is 0 Å². The molecule has 5 aliphatic carbocycles. The van der Waals surface area contributed by atoms with E-state index in [9.17, 15) is 0 Å². The van der Waals surface area contributed by atoms with Crippen LogP contribution in [0.25, 0.3) is 82.8 Å². The van der Waals surface area contributed by atoms with E-state index in [1.54, 1.807) is 0 Å². The summed E-state index contributed by atoms with van der Waals surface area (Å²) in [5.74, 6) is -0.0206. The zero-order valence-corrected chi connectivity index (χ0v) is 53.1. The van der Waals surface area contributed by atoms with Gasteiger partial charge in [-0.2, -0.15) is 0 Å². The first kappa shape index (κ1) is 55.8. The third-order valence-electron chi connectivity index (χ3n) is 22.0. The highest BCUT2D eigenvalue weighted by Gasteiger charge is 2.61. The van der Waals surface area contributed by atoms with E-state index in [-0.39, 0.29) is 11.8 Å². The molecule has 13 aromatic carbocycles. The van der Waals surface area contributed by atoms with Crippen LogP contribution in [0.2, 0.25) is 0 Å². The van der Waals surface area contributed by atoms with Crippen molar-refractivity contribution in [3.05, 3.63) is 372 Å². The maximum atomic E-state index is 2.74. The molecule has 0 N–H and O–H groups in total. The first-order chi connectivity index (χ1) is 46.5. The summed E-state index contributed by atoms with van der Waals surface area (Å²) in [6, 6.07) is 112. The molecule has 0 amide bonds. The Bertz CT molecular complexity index is 5140. The van der Waals surface area contributed by atoms with Crippen LogP contribution in [0.4, 0.5) is 28.4 Å². The zero-order valence-electron chi connectivity index (χ0n) is 53.1. The van der Waals surface area contributed by atoms with Crippen LogP contribution in [0.15, 0.2) is 339 Å². The Kier molecular flexibility index (Phi) is 13.3. The SMILES string of the molecule is CC1(C2(C)c3cc(N(c4ccccc4-c4ccccc4)c4ccccc4-c4ccccc4)c4c(c3-c3c2ccc2ccccc32)CCCC4)C2=C(c3c1ccc1ccccc31)C1C=CC=CC1C(N(c1ccccc1-c1ccccc1)c1ccccc1-c1ccccc1)=C2. The van der Waals surface area contributed by atoms with Crippen LogP contribution in [0.3, 0.4) is 0 Å². The van der Waals surface area contributed by atoms with Crippen molar-refractivity contribution in [3.8, 4) is 55.6 Å². The van der Waals surface area contributed by atoms with Gasteiger partial charge in [-0.1, -0.05) is 305 Å². The highest BCUT2D eigenvalue weighted by atomic mass is 15.2. The van der Waals surface area contributed by atoms with Gasteiger partial charge in [0.15, 0.2) is 0 Å². The van der Waals surface area contributed by atoms with Crippen LogP contribution in [0.1, 0.15) is 60.1 Å². The molecule has 0 radical (unpaired) electrons. The number of allylic oxidation sites excluding steroid dienone is 7. The van der Waals surface area contributed by atoms with Gasteiger partial charge in [0.25, 0.3) is 0 Å². The average Bonchev–Trinajstić information content (AvgIpc) is 1.49. The third-order valence-corrected chi connectivity index (χ3v) is 22.0. The minimum atomic E-state index is -0.673. The van der Waals surface area contributed by atoms with E-state index in [0.717, 1.165) is 48.4 Å². The number of para-hydroxylation sites is 4. The van der Waals surface area contributed by atoms with E-state index in [1.165, 1.54) is 133 Å². The van der Waals surface area contributed by atoms with Gasteiger partial charge >= 0.3 is 0 Å². The van der Waals surface area contributed by atoms with Crippen LogP contribution >= 0.6 is 0 Å². The molecule has 5 aliphatic rings. The molecule has 13 aromatic rings. The second-order valence-electron chi connectivity index (χ2n) is 26.6. The fraction of sp³-hybridized carbons (Fsp3) is 0.109. The van der Waals surface area contributed by atoms with Gasteiger partial charge < -0.3 is 9.80 Å². The summed E-state index contributed by atoms with van der Waals surface area (Å²) >= 11 is 0. The van der Waals surface area contributed by atoms with E-state index < -0.39 is 10.8 Å². The van der Waals surface area contributed by atoms with Gasteiger partial charge in [-0.05, 0) is 162 Å². The first-order valence-corrected chi connectivity index (χ1v) is 33.7. The molecule has 0 saturated carbocycles. The summed E-state index contributed by atoms with van der Waals surface area (Å²) < 4.78 is 0. The van der Waals surface area contributed by atoms with E-state index >= 15 is 0 Å². The van der Waals surface area contributed by atoms with Gasteiger partial charge in [-0.3, -0.25) is 0 Å². The van der Waals surface area contributed by atoms with E-state index in [2.05, 4.69) is 351 Å². The largest absolute Gasteiger partial charge is 0.312 e. The maximum absolute atomic E-state index is 2.74. The monoisotopic (exact) mass is 1200 g/mol. The van der Waals surface area contributed by atoms with Gasteiger partial charge in [0, 0.05) is 56.3 Å². The summed E-state index contributed by atoms with van der Waals surface area (Å²) in [4.78, 5) is 5.36. The quantitative estimate of drug-likeness (QED) is 0.127. The Hall–Kier alpha value is -11.1. The van der Waals surface area contributed by atoms with Crippen LogP contribution in [0, 0.1) is 11.8 Å². The topological polar surface area (TPSA) is 6.48 Å². The average molecular weight is 1200 g/mol. The van der Waals surface area contributed by atoms with Gasteiger partial charge in [-0.15, -0.1) is 0 Å². The summed E-state index contributed by atoms with van der Waals surface area (Å²) in [7, 11) is 0. The number of anilines is 5. The molecular formula is C92H70N2. The van der Waals surface area contributed by atoms with Crippen molar-refractivity contribution >= 4 is 55.6 Å². The lowest BCUT2D eigenvalue weighted by Crippen LogP contribution is -2.46. The Labute approximate surface area is 552 Å². The van der Waals surface area contributed by atoms with Crippen molar-refractivity contribution in [2.24, 2.45) is 11.8 Å². The van der Waals surface area contributed by atoms with E-state index in [1.807, 2.05) is 0 Å². The number of benzene rings is 13. The molecule has 4 atom stereocenters. The molecule has 448 valence electrons. The molecule has 18 rings (SSSR count). The Balaban J connectivity index is 0.975. The first-order valence-electron chi connectivity index (χ1n) is 33.7. The van der Waals surface area contributed by atoms with Crippen LogP contribution in [0.5, 0.6) is 0 Å². The van der Waals surface area contributed by atoms with E-state index in [4.69, 9.17) is 0 Å². The second-order valence-corrected chi connectivity index (χ2v) is 26.6. The van der Waals surface area contributed by atoms with Gasteiger partial charge in [0.05, 0.1) is 22.7 Å². The molecule has 0 heterocycles. The molecule has 4 unspecified atom stereocenters. The Morgan fingerprint density at radius 2 is 0.713 bits per heavy atom. The molecule has 0 fully saturated rings. The standard InChI is InChI=1S/C92H70N2/c1-91(77-57-55-65-39-15-17-45-71(65)87(77)89-75-49-21-19-47-73(75)85(59-79(89)91)93(81-51-27-23-41-67(81)61-31-7-3-8-32-61)82-52-28-24-42-68(82)62-33-9-4-10-34-62)92(2)78-58-56-66-40-16-18-46-72(66)88(78)90-76-50-22-20-48-74(76)86(60-80(90)92)94(83-53-29-25-43-69(83)63-35-11-5-12-36-63)84-54-30-26-44-70(84)64-37-13-6-14-38-64/h3-19,21,23-47,49,51-60,73,75H,20,22,48,50H2,1-2H3. The van der Waals surface area contributed by atoms with Gasteiger partial charge in [0.2, 0.25) is 0 Å². The van der Waals surface area contributed by atoms with Crippen LogP contribution in [-0.4, -0.2) is 0 Å². The van der Waals surface area contributed by atoms with Crippen molar-refractivity contribution in [1.29, 1.82) is 0 Å². The van der Waals surface area contributed by atoms with Crippen molar-refractivity contribution in [3.63, 3.8) is 0 Å². The summed E-state index contributed by atoms with van der Waals surface area (Å²) in [6.07, 6.45) is 16.6. The molecule has 0 bridgehead atoms. The molecule has 2 nitrogen and oxygen atoms in total. The summed E-state index contributed by atoms with van der Waals surface area (Å²) in [5.41, 5.74) is 29.4. The minimum absolute atomic E-state index is 0.000709. The maximum Gasteiger partial charge on any atom is 0.0540 e. The van der Waals surface area contributed by atoms with Crippen molar-refractivity contribution in [1.82, 2.24) is 0 Å². The molecule has 2 heteroatoms. The Morgan fingerprint density at radius 1 is 0.319 bits per heavy atom. The van der Waals surface area contributed by atoms with Crippen molar-refractivity contribution in [2.45, 2.75) is 50.4 Å². The number of hydrogen-bond acceptors (Lipinski definition) is 2. The predicted octanol–water partition coefficient (Wildman–Crippen LogP) is 24.1. The molecular weight excluding hydrogens is 1130 g/mol. The summed E-state index contributed by atoms with van der Waals surface area (Å²) in [5, 5.41) is 5.17. The number of hydrogen-bond donors (Lipinski definition) is 0. The summed E-state index contributed by atoms with van der Waals surface area (Å²) in [6.45, 7) is 5.34. The van der Waals surface area contributed by atoms with Crippen LogP contribution < -0.4 is 9.80 Å². The zero-order chi connectivity index (χ0) is 62.5. The molecule has 0 saturated heterocycles. The predicted molar refractivity (Wildman–Crippen MR) is 395 cm³/mol. The third kappa shape index (κ3) is 8.41. The lowest BCUT2D eigenvalue weighted by atomic mass is 9.54.